The predicted molar refractivity (Wildman–Crippen MR) is 66.7 cm³/mol. The molecule has 0 amide bonds. The second-order valence-corrected chi connectivity index (χ2v) is 5.24. The number of rotatable bonds is 1. The average molecular weight is 255 g/mol. The van der Waals surface area contributed by atoms with Gasteiger partial charge in [-0.3, -0.25) is 0 Å². The molecule has 0 unspecified atom stereocenters. The monoisotopic (exact) mass is 254 g/mol. The predicted octanol–water partition coefficient (Wildman–Crippen LogP) is 3.01. The van der Waals surface area contributed by atoms with Crippen LogP contribution in [0, 0.1) is 11.8 Å². The summed E-state index contributed by atoms with van der Waals surface area (Å²) in [6.45, 7) is 2.22. The van der Waals surface area contributed by atoms with Gasteiger partial charge in [-0.05, 0) is 42.0 Å². The fourth-order valence-electron chi connectivity index (χ4n) is 2.59. The fraction of sp³-hybridized carbons (Fsp3) is 0.417. The maximum absolute atomic E-state index is 5.98. The molecule has 1 aliphatic carbocycles. The topological polar surface area (TPSA) is 24.9 Å². The van der Waals surface area contributed by atoms with Crippen LogP contribution in [0.4, 0.5) is 0 Å². The van der Waals surface area contributed by atoms with Gasteiger partial charge in [-0.25, -0.2) is 4.98 Å². The van der Waals surface area contributed by atoms with E-state index in [4.69, 9.17) is 23.2 Å². The molecule has 2 nitrogen and oxygen atoms in total. The van der Waals surface area contributed by atoms with E-state index in [1.165, 1.54) is 5.57 Å². The van der Waals surface area contributed by atoms with Crippen LogP contribution in [-0.4, -0.2) is 18.1 Å². The van der Waals surface area contributed by atoms with Crippen molar-refractivity contribution >= 4 is 28.8 Å². The van der Waals surface area contributed by atoms with E-state index >= 15 is 0 Å². The molecule has 0 spiro atoms. The first kappa shape index (κ1) is 10.6. The van der Waals surface area contributed by atoms with Crippen LogP contribution in [0.3, 0.4) is 0 Å². The summed E-state index contributed by atoms with van der Waals surface area (Å²) in [5.74, 6) is 1.44. The van der Waals surface area contributed by atoms with E-state index in [0.717, 1.165) is 31.0 Å². The first-order chi connectivity index (χ1) is 7.74. The molecule has 84 valence electrons. The minimum atomic E-state index is 0.380. The van der Waals surface area contributed by atoms with Gasteiger partial charge in [-0.2, -0.15) is 0 Å². The van der Waals surface area contributed by atoms with Gasteiger partial charge in [0.25, 0.3) is 0 Å². The van der Waals surface area contributed by atoms with Crippen molar-refractivity contribution in [1.29, 1.82) is 0 Å². The van der Waals surface area contributed by atoms with Crippen LogP contribution < -0.4 is 5.32 Å². The molecule has 0 saturated carbocycles. The highest BCUT2D eigenvalue weighted by Gasteiger charge is 2.31. The number of nitrogens with zero attached hydrogens (tertiary/aromatic N) is 1. The maximum atomic E-state index is 5.98. The van der Waals surface area contributed by atoms with E-state index in [0.29, 0.717) is 16.1 Å². The molecule has 2 aliphatic rings. The zero-order chi connectivity index (χ0) is 11.1. The van der Waals surface area contributed by atoms with Gasteiger partial charge in [0.15, 0.2) is 0 Å². The Bertz CT molecular complexity index is 456. The van der Waals surface area contributed by atoms with Crippen molar-refractivity contribution in [3.05, 3.63) is 34.1 Å². The minimum Gasteiger partial charge on any atom is -0.316 e. The first-order valence-corrected chi connectivity index (χ1v) is 6.22. The van der Waals surface area contributed by atoms with Crippen LogP contribution in [0.2, 0.25) is 10.2 Å². The largest absolute Gasteiger partial charge is 0.316 e. The van der Waals surface area contributed by atoms with E-state index in [2.05, 4.69) is 16.4 Å². The molecule has 0 radical (unpaired) electrons. The SMILES string of the molecule is Clc1cc(C2=C[C@H]3CNC[C@H]3C2)cnc1Cl. The summed E-state index contributed by atoms with van der Waals surface area (Å²) in [5, 5.41) is 4.33. The molecule has 0 aromatic carbocycles. The molecule has 1 saturated heterocycles. The van der Waals surface area contributed by atoms with Crippen molar-refractivity contribution in [3.8, 4) is 0 Å². The lowest BCUT2D eigenvalue weighted by atomic mass is 9.99. The van der Waals surface area contributed by atoms with Gasteiger partial charge < -0.3 is 5.32 Å². The van der Waals surface area contributed by atoms with E-state index in [-0.39, 0.29) is 0 Å². The standard InChI is InChI=1S/C12H12Cl2N2/c13-11-3-10(6-16-12(11)14)7-1-8-4-15-5-9(8)2-7/h1,3,6,8-9,15H,2,4-5H2/t8-,9+/m0/s1. The van der Waals surface area contributed by atoms with Crippen molar-refractivity contribution in [1.82, 2.24) is 10.3 Å². The van der Waals surface area contributed by atoms with E-state index < -0.39 is 0 Å². The maximum Gasteiger partial charge on any atom is 0.147 e. The van der Waals surface area contributed by atoms with Crippen molar-refractivity contribution < 1.29 is 0 Å². The van der Waals surface area contributed by atoms with Crippen molar-refractivity contribution in [2.24, 2.45) is 11.8 Å². The number of allylic oxidation sites excluding steroid dienone is 1. The van der Waals surface area contributed by atoms with Crippen LogP contribution in [0.15, 0.2) is 18.3 Å². The molecule has 0 bridgehead atoms. The zero-order valence-corrected chi connectivity index (χ0v) is 10.2. The van der Waals surface area contributed by atoms with Crippen LogP contribution in [-0.2, 0) is 0 Å². The normalized spacial score (nSPS) is 28.0. The molecule has 1 fully saturated rings. The van der Waals surface area contributed by atoms with Gasteiger partial charge >= 0.3 is 0 Å². The number of pyridine rings is 1. The Kier molecular flexibility index (Phi) is 2.66. The summed E-state index contributed by atoms with van der Waals surface area (Å²) in [4.78, 5) is 4.09. The Labute approximate surface area is 105 Å². The Hall–Kier alpha value is -0.570. The third-order valence-corrected chi connectivity index (χ3v) is 4.14. The lowest BCUT2D eigenvalue weighted by Crippen LogP contribution is -2.09. The molecule has 2 atom stereocenters. The molecular formula is C12H12Cl2N2. The van der Waals surface area contributed by atoms with Gasteiger partial charge in [0.1, 0.15) is 5.15 Å². The van der Waals surface area contributed by atoms with Gasteiger partial charge in [0.05, 0.1) is 5.02 Å². The number of halogens is 2. The Balaban J connectivity index is 1.90. The summed E-state index contributed by atoms with van der Waals surface area (Å²) in [6.07, 6.45) is 5.29. The summed E-state index contributed by atoms with van der Waals surface area (Å²) in [5.41, 5.74) is 2.48. The van der Waals surface area contributed by atoms with Gasteiger partial charge in [0.2, 0.25) is 0 Å². The average Bonchev–Trinajstić information content (AvgIpc) is 2.81. The highest BCUT2D eigenvalue weighted by atomic mass is 35.5. The number of aromatic nitrogens is 1. The second-order valence-electron chi connectivity index (χ2n) is 4.47. The highest BCUT2D eigenvalue weighted by molar-refractivity contribution is 6.41. The molecule has 1 aromatic heterocycles. The molecule has 1 aliphatic heterocycles. The second kappa shape index (κ2) is 4.02. The van der Waals surface area contributed by atoms with Crippen LogP contribution in [0.1, 0.15) is 12.0 Å². The summed E-state index contributed by atoms with van der Waals surface area (Å²) in [6, 6.07) is 1.91. The Morgan fingerprint density at radius 2 is 2.19 bits per heavy atom. The van der Waals surface area contributed by atoms with Crippen molar-refractivity contribution in [2.75, 3.05) is 13.1 Å². The summed E-state index contributed by atoms with van der Waals surface area (Å²) < 4.78 is 0. The van der Waals surface area contributed by atoms with Crippen LogP contribution in [0.25, 0.3) is 5.57 Å². The van der Waals surface area contributed by atoms with Crippen molar-refractivity contribution in [3.63, 3.8) is 0 Å². The lowest BCUT2D eigenvalue weighted by molar-refractivity contribution is 0.536. The molecule has 1 aromatic rings. The van der Waals surface area contributed by atoms with E-state index in [1.807, 2.05) is 12.3 Å². The van der Waals surface area contributed by atoms with Crippen LogP contribution >= 0.6 is 23.2 Å². The van der Waals surface area contributed by atoms with Gasteiger partial charge in [0, 0.05) is 12.7 Å². The zero-order valence-electron chi connectivity index (χ0n) is 8.71. The molecule has 3 rings (SSSR count). The first-order valence-electron chi connectivity index (χ1n) is 5.47. The molecule has 16 heavy (non-hydrogen) atoms. The lowest BCUT2D eigenvalue weighted by Gasteiger charge is -2.06. The molecule has 2 heterocycles. The smallest absolute Gasteiger partial charge is 0.147 e. The van der Waals surface area contributed by atoms with Crippen molar-refractivity contribution in [2.45, 2.75) is 6.42 Å². The highest BCUT2D eigenvalue weighted by Crippen LogP contribution is 2.38. The van der Waals surface area contributed by atoms with Gasteiger partial charge in [-0.15, -0.1) is 0 Å². The summed E-state index contributed by atoms with van der Waals surface area (Å²) in [7, 11) is 0. The van der Waals surface area contributed by atoms with Crippen LogP contribution in [0.5, 0.6) is 0 Å². The fourth-order valence-corrected chi connectivity index (χ4v) is 2.86. The Morgan fingerprint density at radius 1 is 1.31 bits per heavy atom. The van der Waals surface area contributed by atoms with Gasteiger partial charge in [-0.1, -0.05) is 29.3 Å². The Morgan fingerprint density at radius 3 is 2.94 bits per heavy atom. The van der Waals surface area contributed by atoms with E-state index in [9.17, 15) is 0 Å². The molecular weight excluding hydrogens is 243 g/mol. The quantitative estimate of drug-likeness (QED) is 0.780. The third-order valence-electron chi connectivity index (χ3n) is 3.46. The molecule has 4 heteroatoms. The number of nitrogens with one attached hydrogen (secondary N) is 1. The number of hydrogen-bond acceptors (Lipinski definition) is 2. The molecule has 1 N–H and O–H groups in total. The number of fused-ring (bicyclic) bond motifs is 1. The minimum absolute atomic E-state index is 0.380. The number of hydrogen-bond donors (Lipinski definition) is 1. The summed E-state index contributed by atoms with van der Waals surface area (Å²) >= 11 is 11.8. The third kappa shape index (κ3) is 1.75. The van der Waals surface area contributed by atoms with E-state index in [1.54, 1.807) is 0 Å².